The Labute approximate surface area is 135 Å². The molecule has 1 aliphatic heterocycles. The lowest BCUT2D eigenvalue weighted by Gasteiger charge is -2.17. The number of hydrogen-bond donors (Lipinski definition) is 1. The van der Waals surface area contributed by atoms with Crippen LogP contribution in [-0.4, -0.2) is 25.7 Å². The summed E-state index contributed by atoms with van der Waals surface area (Å²) in [5.41, 5.74) is 1.54. The Morgan fingerprint density at radius 2 is 2.09 bits per heavy atom. The highest BCUT2D eigenvalue weighted by molar-refractivity contribution is 7.89. The predicted molar refractivity (Wildman–Crippen MR) is 85.4 cm³/mol. The Morgan fingerprint density at radius 3 is 2.83 bits per heavy atom. The normalized spacial score (nSPS) is 15.1. The SMILES string of the molecule is CN(Cc1ccco1)S(=O)(=O)c1ccc2c(c1)CCCC(=O)N2. The Bertz CT molecular complexity index is 813. The molecule has 2 heterocycles. The van der Waals surface area contributed by atoms with Gasteiger partial charge < -0.3 is 9.73 Å². The Balaban J connectivity index is 1.88. The van der Waals surface area contributed by atoms with Crippen molar-refractivity contribution >= 4 is 21.6 Å². The standard InChI is InChI=1S/C16H18N2O4S/c1-18(11-13-5-3-9-22-13)23(20,21)14-7-8-15-12(10-14)4-2-6-16(19)17-15/h3,5,7-10H,2,4,6,11H2,1H3,(H,17,19). The summed E-state index contributed by atoms with van der Waals surface area (Å²) in [4.78, 5) is 11.8. The number of nitrogens with one attached hydrogen (secondary N) is 1. The van der Waals surface area contributed by atoms with Gasteiger partial charge in [0, 0.05) is 19.2 Å². The van der Waals surface area contributed by atoms with Crippen LogP contribution >= 0.6 is 0 Å². The summed E-state index contributed by atoms with van der Waals surface area (Å²) in [5, 5.41) is 2.80. The average Bonchev–Trinajstić information content (AvgIpc) is 2.94. The predicted octanol–water partition coefficient (Wildman–Crippen LogP) is 2.38. The number of carbonyl (C=O) groups excluding carboxylic acids is 1. The summed E-state index contributed by atoms with van der Waals surface area (Å²) >= 11 is 0. The summed E-state index contributed by atoms with van der Waals surface area (Å²) in [5.74, 6) is 0.549. The van der Waals surface area contributed by atoms with Crippen molar-refractivity contribution in [3.63, 3.8) is 0 Å². The van der Waals surface area contributed by atoms with Gasteiger partial charge in [0.25, 0.3) is 0 Å². The molecule has 2 aromatic rings. The van der Waals surface area contributed by atoms with Crippen LogP contribution in [0.2, 0.25) is 0 Å². The van der Waals surface area contributed by atoms with E-state index in [1.54, 1.807) is 24.3 Å². The van der Waals surface area contributed by atoms with Gasteiger partial charge in [-0.15, -0.1) is 0 Å². The number of rotatable bonds is 4. The van der Waals surface area contributed by atoms with E-state index < -0.39 is 10.0 Å². The molecule has 0 spiro atoms. The fraction of sp³-hybridized carbons (Fsp3) is 0.312. The highest BCUT2D eigenvalue weighted by Gasteiger charge is 2.23. The Kier molecular flexibility index (Phi) is 4.23. The van der Waals surface area contributed by atoms with Crippen molar-refractivity contribution < 1.29 is 17.6 Å². The molecule has 0 saturated carbocycles. The molecule has 0 radical (unpaired) electrons. The van der Waals surface area contributed by atoms with Crippen molar-refractivity contribution in [1.82, 2.24) is 4.31 Å². The van der Waals surface area contributed by atoms with Gasteiger partial charge in [-0.25, -0.2) is 8.42 Å². The first-order chi connectivity index (χ1) is 11.0. The van der Waals surface area contributed by atoms with Gasteiger partial charge in [-0.2, -0.15) is 4.31 Å². The monoisotopic (exact) mass is 334 g/mol. The minimum absolute atomic E-state index is 0.0331. The van der Waals surface area contributed by atoms with Crippen LogP contribution in [0.15, 0.2) is 45.9 Å². The molecule has 3 rings (SSSR count). The van der Waals surface area contributed by atoms with Crippen molar-refractivity contribution in [2.24, 2.45) is 0 Å². The van der Waals surface area contributed by atoms with Crippen LogP contribution in [-0.2, 0) is 27.8 Å². The van der Waals surface area contributed by atoms with Crippen molar-refractivity contribution in [2.45, 2.75) is 30.7 Å². The third-order valence-electron chi connectivity index (χ3n) is 3.87. The van der Waals surface area contributed by atoms with E-state index in [4.69, 9.17) is 4.42 Å². The molecule has 6 nitrogen and oxygen atoms in total. The minimum Gasteiger partial charge on any atom is -0.468 e. The second kappa shape index (κ2) is 6.17. The van der Waals surface area contributed by atoms with Crippen LogP contribution < -0.4 is 5.32 Å². The van der Waals surface area contributed by atoms with Gasteiger partial charge >= 0.3 is 0 Å². The van der Waals surface area contributed by atoms with Crippen molar-refractivity contribution in [3.8, 4) is 0 Å². The summed E-state index contributed by atoms with van der Waals surface area (Å²) in [7, 11) is -2.09. The van der Waals surface area contributed by atoms with Crippen LogP contribution in [0.25, 0.3) is 0 Å². The number of carbonyl (C=O) groups is 1. The van der Waals surface area contributed by atoms with E-state index in [2.05, 4.69) is 5.32 Å². The Hall–Kier alpha value is -2.12. The topological polar surface area (TPSA) is 79.6 Å². The molecule has 0 fully saturated rings. The molecular formula is C16H18N2O4S. The number of furan rings is 1. The average molecular weight is 334 g/mol. The lowest BCUT2D eigenvalue weighted by atomic mass is 10.1. The highest BCUT2D eigenvalue weighted by Crippen LogP contribution is 2.26. The van der Waals surface area contributed by atoms with E-state index in [9.17, 15) is 13.2 Å². The molecule has 0 saturated heterocycles. The molecule has 7 heteroatoms. The van der Waals surface area contributed by atoms with E-state index in [1.807, 2.05) is 0 Å². The number of hydrogen-bond acceptors (Lipinski definition) is 4. The first kappa shape index (κ1) is 15.8. The molecule has 0 bridgehead atoms. The molecule has 1 aromatic heterocycles. The second-order valence-electron chi connectivity index (χ2n) is 5.56. The largest absolute Gasteiger partial charge is 0.468 e. The van der Waals surface area contributed by atoms with Crippen LogP contribution in [0.1, 0.15) is 24.2 Å². The molecule has 122 valence electrons. The molecular weight excluding hydrogens is 316 g/mol. The molecule has 23 heavy (non-hydrogen) atoms. The lowest BCUT2D eigenvalue weighted by molar-refractivity contribution is -0.116. The zero-order valence-corrected chi connectivity index (χ0v) is 13.6. The maximum atomic E-state index is 12.7. The summed E-state index contributed by atoms with van der Waals surface area (Å²) in [6.45, 7) is 0.170. The van der Waals surface area contributed by atoms with Gasteiger partial charge in [0.1, 0.15) is 5.76 Å². The fourth-order valence-corrected chi connectivity index (χ4v) is 3.79. The molecule has 0 unspecified atom stereocenters. The van der Waals surface area contributed by atoms with Crippen molar-refractivity contribution in [3.05, 3.63) is 47.9 Å². The molecule has 0 aliphatic carbocycles. The van der Waals surface area contributed by atoms with E-state index in [1.165, 1.54) is 23.7 Å². The number of amides is 1. The lowest BCUT2D eigenvalue weighted by Crippen LogP contribution is -2.26. The van der Waals surface area contributed by atoms with Crippen molar-refractivity contribution in [1.29, 1.82) is 0 Å². The third kappa shape index (κ3) is 3.30. The van der Waals surface area contributed by atoms with E-state index in [-0.39, 0.29) is 17.3 Å². The van der Waals surface area contributed by atoms with Crippen LogP contribution in [0.5, 0.6) is 0 Å². The van der Waals surface area contributed by atoms with Gasteiger partial charge in [-0.05, 0) is 48.7 Å². The number of nitrogens with zero attached hydrogens (tertiary/aromatic N) is 1. The Morgan fingerprint density at radius 1 is 1.26 bits per heavy atom. The summed E-state index contributed by atoms with van der Waals surface area (Å²) in [6.07, 6.45) is 3.36. The summed E-state index contributed by atoms with van der Waals surface area (Å²) in [6, 6.07) is 8.29. The van der Waals surface area contributed by atoms with Crippen LogP contribution in [0.3, 0.4) is 0 Å². The number of sulfonamides is 1. The molecule has 1 N–H and O–H groups in total. The smallest absolute Gasteiger partial charge is 0.243 e. The molecule has 1 aromatic carbocycles. The first-order valence-corrected chi connectivity index (χ1v) is 8.82. The number of anilines is 1. The van der Waals surface area contributed by atoms with E-state index in [0.29, 0.717) is 30.7 Å². The zero-order valence-electron chi connectivity index (χ0n) is 12.8. The first-order valence-electron chi connectivity index (χ1n) is 7.38. The fourth-order valence-electron chi connectivity index (χ4n) is 2.60. The van der Waals surface area contributed by atoms with E-state index in [0.717, 1.165) is 5.56 Å². The molecule has 0 atom stereocenters. The number of fused-ring (bicyclic) bond motifs is 1. The molecule has 1 amide bonds. The van der Waals surface area contributed by atoms with Crippen LogP contribution in [0, 0.1) is 0 Å². The van der Waals surface area contributed by atoms with Crippen LogP contribution in [0.4, 0.5) is 5.69 Å². The van der Waals surface area contributed by atoms with Gasteiger partial charge in [0.15, 0.2) is 0 Å². The zero-order chi connectivity index (χ0) is 16.4. The second-order valence-corrected chi connectivity index (χ2v) is 7.61. The van der Waals surface area contributed by atoms with Gasteiger partial charge in [-0.1, -0.05) is 0 Å². The molecule has 1 aliphatic rings. The van der Waals surface area contributed by atoms with Gasteiger partial charge in [0.2, 0.25) is 15.9 Å². The minimum atomic E-state index is -3.61. The van der Waals surface area contributed by atoms with Gasteiger partial charge in [0.05, 0.1) is 17.7 Å². The van der Waals surface area contributed by atoms with E-state index >= 15 is 0 Å². The third-order valence-corrected chi connectivity index (χ3v) is 5.67. The maximum Gasteiger partial charge on any atom is 0.243 e. The number of benzene rings is 1. The van der Waals surface area contributed by atoms with Gasteiger partial charge in [-0.3, -0.25) is 4.79 Å². The quantitative estimate of drug-likeness (QED) is 0.931. The van der Waals surface area contributed by atoms with Crippen molar-refractivity contribution in [2.75, 3.05) is 12.4 Å². The number of aryl methyl sites for hydroxylation is 1. The highest BCUT2D eigenvalue weighted by atomic mass is 32.2. The summed E-state index contributed by atoms with van der Waals surface area (Å²) < 4.78 is 31.8. The maximum absolute atomic E-state index is 12.7.